The smallest absolute Gasteiger partial charge is 0.231 e. The molecule has 1 aliphatic rings. The average molecular weight is 560 g/mol. The molecule has 5 rings (SSSR count). The van der Waals surface area contributed by atoms with E-state index in [2.05, 4.69) is 44.4 Å². The minimum atomic E-state index is 0.422. The van der Waals surface area contributed by atoms with Crippen LogP contribution in [-0.2, 0) is 0 Å². The molecular formula is C31H41N7O3. The van der Waals surface area contributed by atoms with E-state index in [1.165, 1.54) is 6.42 Å². The molecule has 0 amide bonds. The van der Waals surface area contributed by atoms with Gasteiger partial charge in [-0.25, -0.2) is 0 Å². The van der Waals surface area contributed by atoms with Crippen molar-refractivity contribution >= 4 is 34.2 Å². The maximum absolute atomic E-state index is 6.17. The molecule has 4 aromatic rings. The van der Waals surface area contributed by atoms with E-state index in [4.69, 9.17) is 19.2 Å². The highest BCUT2D eigenvalue weighted by Crippen LogP contribution is 2.34. The van der Waals surface area contributed by atoms with Crippen LogP contribution >= 0.6 is 0 Å². The van der Waals surface area contributed by atoms with Gasteiger partial charge in [0.2, 0.25) is 5.95 Å². The molecular weight excluding hydrogens is 518 g/mol. The minimum absolute atomic E-state index is 0.422. The third-order valence-corrected chi connectivity index (χ3v) is 7.67. The van der Waals surface area contributed by atoms with Gasteiger partial charge in [0.05, 0.1) is 37.6 Å². The van der Waals surface area contributed by atoms with Crippen molar-refractivity contribution in [1.82, 2.24) is 24.8 Å². The summed E-state index contributed by atoms with van der Waals surface area (Å²) in [7, 11) is 5.50. The van der Waals surface area contributed by atoms with Crippen LogP contribution in [0.15, 0.2) is 54.7 Å². The number of anilines is 4. The van der Waals surface area contributed by atoms with Crippen molar-refractivity contribution in [3.8, 4) is 17.2 Å². The predicted molar refractivity (Wildman–Crippen MR) is 164 cm³/mol. The number of nitrogens with one attached hydrogen (secondary N) is 3. The lowest BCUT2D eigenvalue weighted by Gasteiger charge is -2.37. The molecule has 1 atom stereocenters. The molecule has 10 nitrogen and oxygen atoms in total. The lowest BCUT2D eigenvalue weighted by atomic mass is 10.1. The number of hydrogen-bond acceptors (Lipinski definition) is 9. The number of nitrogens with zero attached hydrogens (tertiary/aromatic N) is 4. The third-order valence-electron chi connectivity index (χ3n) is 7.67. The maximum atomic E-state index is 6.17. The number of para-hydroxylation sites is 2. The van der Waals surface area contributed by atoms with Crippen LogP contribution < -0.4 is 24.8 Å². The van der Waals surface area contributed by atoms with Crippen molar-refractivity contribution in [3.05, 3.63) is 54.7 Å². The molecule has 3 heterocycles. The van der Waals surface area contributed by atoms with Gasteiger partial charge in [-0.2, -0.15) is 9.97 Å². The molecule has 0 aliphatic carbocycles. The number of rotatable bonds is 13. The molecule has 10 heteroatoms. The van der Waals surface area contributed by atoms with E-state index < -0.39 is 0 Å². The number of likely N-dealkylation sites (N-methyl/N-ethyl adjacent to an activating group) is 1. The van der Waals surface area contributed by atoms with E-state index in [0.29, 0.717) is 35.8 Å². The first-order valence-electron chi connectivity index (χ1n) is 14.3. The van der Waals surface area contributed by atoms with Gasteiger partial charge in [0.15, 0.2) is 0 Å². The summed E-state index contributed by atoms with van der Waals surface area (Å²) in [6, 6.07) is 16.1. The van der Waals surface area contributed by atoms with E-state index in [0.717, 1.165) is 67.3 Å². The van der Waals surface area contributed by atoms with Gasteiger partial charge < -0.3 is 34.7 Å². The zero-order valence-corrected chi connectivity index (χ0v) is 24.4. The fraction of sp³-hybridized carbons (Fsp3) is 0.419. The fourth-order valence-corrected chi connectivity index (χ4v) is 5.30. The zero-order chi connectivity index (χ0) is 28.6. The standard InChI is InChI=1S/C31H41N7O3/c1-5-22(38-18-16-37(2)17-19-38)9-8-20-41-23-12-13-28(40-4)26(21-23)34-31-35-29-24(14-15-32-29)30(36-31)33-25-10-6-7-11-27(25)39-3/h6-7,10-15,21-22H,5,8-9,16-20H2,1-4H3,(H3,32,33,34,35,36)/t22-/m0/s1. The van der Waals surface area contributed by atoms with Crippen LogP contribution in [-0.4, -0.2) is 84.8 Å². The molecule has 2 aromatic heterocycles. The van der Waals surface area contributed by atoms with Gasteiger partial charge in [0.25, 0.3) is 0 Å². The minimum Gasteiger partial charge on any atom is -0.495 e. The Morgan fingerprint density at radius 1 is 0.927 bits per heavy atom. The number of methoxy groups -OCH3 is 2. The summed E-state index contributed by atoms with van der Waals surface area (Å²) in [6.45, 7) is 7.54. The molecule has 0 unspecified atom stereocenters. The van der Waals surface area contributed by atoms with Crippen LogP contribution in [0.3, 0.4) is 0 Å². The zero-order valence-electron chi connectivity index (χ0n) is 24.4. The van der Waals surface area contributed by atoms with Crippen LogP contribution in [0.5, 0.6) is 17.2 Å². The Morgan fingerprint density at radius 2 is 1.71 bits per heavy atom. The number of benzene rings is 2. The first-order chi connectivity index (χ1) is 20.1. The summed E-state index contributed by atoms with van der Waals surface area (Å²) < 4.78 is 17.3. The Kier molecular flexibility index (Phi) is 9.43. The van der Waals surface area contributed by atoms with Crippen molar-refractivity contribution in [1.29, 1.82) is 0 Å². The number of H-pyrrole nitrogens is 1. The summed E-state index contributed by atoms with van der Waals surface area (Å²) >= 11 is 0. The Labute approximate surface area is 242 Å². The van der Waals surface area contributed by atoms with Gasteiger partial charge in [0.1, 0.15) is 28.7 Å². The summed E-state index contributed by atoms with van der Waals surface area (Å²) in [5.74, 6) is 3.25. The molecule has 1 saturated heterocycles. The van der Waals surface area contributed by atoms with Crippen molar-refractivity contribution in [3.63, 3.8) is 0 Å². The van der Waals surface area contributed by atoms with Gasteiger partial charge in [0, 0.05) is 44.5 Å². The quantitative estimate of drug-likeness (QED) is 0.180. The third kappa shape index (κ3) is 7.01. The molecule has 218 valence electrons. The average Bonchev–Trinajstić information content (AvgIpc) is 3.47. The second kappa shape index (κ2) is 13.6. The largest absolute Gasteiger partial charge is 0.495 e. The highest BCUT2D eigenvalue weighted by Gasteiger charge is 2.21. The lowest BCUT2D eigenvalue weighted by Crippen LogP contribution is -2.48. The molecule has 1 fully saturated rings. The van der Waals surface area contributed by atoms with E-state index >= 15 is 0 Å². The summed E-state index contributed by atoms with van der Waals surface area (Å²) in [5, 5.41) is 7.60. The monoisotopic (exact) mass is 559 g/mol. The highest BCUT2D eigenvalue weighted by atomic mass is 16.5. The SMILES string of the molecule is CC[C@@H](CCCOc1ccc(OC)c(Nc2nc(Nc3ccccc3OC)c3cc[nH]c3n2)c1)N1CCN(C)CC1. The van der Waals surface area contributed by atoms with Crippen LogP contribution in [0.2, 0.25) is 0 Å². The molecule has 41 heavy (non-hydrogen) atoms. The first kappa shape index (κ1) is 28.5. The van der Waals surface area contributed by atoms with Gasteiger partial charge in [-0.3, -0.25) is 4.90 Å². The second-order valence-corrected chi connectivity index (χ2v) is 10.3. The normalized spacial score (nSPS) is 15.0. The molecule has 3 N–H and O–H groups in total. The number of aromatic amines is 1. The van der Waals surface area contributed by atoms with Crippen molar-refractivity contribution < 1.29 is 14.2 Å². The molecule has 1 aliphatic heterocycles. The second-order valence-electron chi connectivity index (χ2n) is 10.3. The van der Waals surface area contributed by atoms with Gasteiger partial charge in [-0.1, -0.05) is 19.1 Å². The first-order valence-corrected chi connectivity index (χ1v) is 14.3. The van der Waals surface area contributed by atoms with Gasteiger partial charge in [-0.05, 0) is 56.6 Å². The van der Waals surface area contributed by atoms with Crippen LogP contribution in [0.25, 0.3) is 11.0 Å². The van der Waals surface area contributed by atoms with E-state index in [1.54, 1.807) is 14.2 Å². The Hall–Kier alpha value is -4.02. The molecule has 2 aromatic carbocycles. The van der Waals surface area contributed by atoms with Crippen LogP contribution in [0, 0.1) is 0 Å². The molecule has 0 saturated carbocycles. The lowest BCUT2D eigenvalue weighted by molar-refractivity contribution is 0.101. The number of piperazine rings is 1. The number of hydrogen-bond donors (Lipinski definition) is 3. The Morgan fingerprint density at radius 3 is 2.49 bits per heavy atom. The maximum Gasteiger partial charge on any atom is 0.231 e. The number of fused-ring (bicyclic) bond motifs is 1. The molecule has 0 radical (unpaired) electrons. The van der Waals surface area contributed by atoms with Crippen LogP contribution in [0.1, 0.15) is 26.2 Å². The van der Waals surface area contributed by atoms with Crippen molar-refractivity contribution in [2.24, 2.45) is 0 Å². The van der Waals surface area contributed by atoms with E-state index in [-0.39, 0.29) is 0 Å². The van der Waals surface area contributed by atoms with E-state index in [1.807, 2.05) is 54.7 Å². The number of ether oxygens (including phenoxy) is 3. The Bertz CT molecular complexity index is 1420. The fourth-order valence-electron chi connectivity index (χ4n) is 5.30. The topological polar surface area (TPSA) is 99.8 Å². The van der Waals surface area contributed by atoms with Crippen molar-refractivity contribution in [2.45, 2.75) is 32.2 Å². The summed E-state index contributed by atoms with van der Waals surface area (Å²) in [5.41, 5.74) is 2.24. The van der Waals surface area contributed by atoms with Gasteiger partial charge in [-0.15, -0.1) is 0 Å². The van der Waals surface area contributed by atoms with E-state index in [9.17, 15) is 0 Å². The predicted octanol–water partition coefficient (Wildman–Crippen LogP) is 5.65. The molecule has 0 bridgehead atoms. The highest BCUT2D eigenvalue weighted by molar-refractivity contribution is 5.91. The molecule has 0 spiro atoms. The Balaban J connectivity index is 1.26. The summed E-state index contributed by atoms with van der Waals surface area (Å²) in [4.78, 5) is 17.7. The van der Waals surface area contributed by atoms with Crippen LogP contribution in [0.4, 0.5) is 23.1 Å². The van der Waals surface area contributed by atoms with Gasteiger partial charge >= 0.3 is 0 Å². The summed E-state index contributed by atoms with van der Waals surface area (Å²) in [6.07, 6.45) is 5.15. The number of aromatic nitrogens is 3. The van der Waals surface area contributed by atoms with Crippen molar-refractivity contribution in [2.75, 3.05) is 64.7 Å².